The lowest BCUT2D eigenvalue weighted by Crippen LogP contribution is -2.40. The molecule has 1 aliphatic rings. The number of allylic oxidation sites excluding steroid dienone is 2. The monoisotopic (exact) mass is 604 g/mol. The van der Waals surface area contributed by atoms with E-state index in [1.807, 2.05) is 0 Å². The summed E-state index contributed by atoms with van der Waals surface area (Å²) in [4.78, 5) is 4.82. The van der Waals surface area contributed by atoms with Gasteiger partial charge >= 0.3 is 0 Å². The SMILES string of the molecule is CC1(N(c2ccc(-c3ccc(N(c4ccccc4)c4cccc5ccccc45)cc3)cc2)c2cccc3ccccc23)C=CCC=C1. The van der Waals surface area contributed by atoms with Crippen LogP contribution in [0.25, 0.3) is 32.7 Å². The lowest BCUT2D eigenvalue weighted by Gasteiger charge is -2.41. The van der Waals surface area contributed by atoms with Gasteiger partial charge in [-0.1, -0.05) is 140 Å². The van der Waals surface area contributed by atoms with Crippen LogP contribution in [0.4, 0.5) is 28.4 Å². The number of hydrogen-bond acceptors (Lipinski definition) is 2. The Hall–Kier alpha value is -5.86. The van der Waals surface area contributed by atoms with Crippen LogP contribution in [0.3, 0.4) is 0 Å². The summed E-state index contributed by atoms with van der Waals surface area (Å²) >= 11 is 0. The topological polar surface area (TPSA) is 6.48 Å². The maximum atomic E-state index is 2.47. The third-order valence-corrected chi connectivity index (χ3v) is 9.28. The predicted octanol–water partition coefficient (Wildman–Crippen LogP) is 12.5. The van der Waals surface area contributed by atoms with Crippen molar-refractivity contribution in [2.24, 2.45) is 0 Å². The minimum absolute atomic E-state index is 0.284. The van der Waals surface area contributed by atoms with E-state index in [1.165, 1.54) is 44.0 Å². The molecule has 0 atom stereocenters. The second-order valence-corrected chi connectivity index (χ2v) is 12.4. The van der Waals surface area contributed by atoms with E-state index in [2.05, 4.69) is 205 Å². The number of fused-ring (bicyclic) bond motifs is 2. The number of hydrogen-bond donors (Lipinski definition) is 0. The normalized spacial score (nSPS) is 13.6. The van der Waals surface area contributed by atoms with E-state index >= 15 is 0 Å². The summed E-state index contributed by atoms with van der Waals surface area (Å²) in [5.74, 6) is 0. The average molecular weight is 605 g/mol. The van der Waals surface area contributed by atoms with Crippen molar-refractivity contribution in [1.29, 1.82) is 0 Å². The maximum Gasteiger partial charge on any atom is 0.0789 e. The van der Waals surface area contributed by atoms with Crippen LogP contribution in [0.5, 0.6) is 0 Å². The van der Waals surface area contributed by atoms with E-state index in [0.717, 1.165) is 23.5 Å². The summed E-state index contributed by atoms with van der Waals surface area (Å²) in [6, 6.07) is 59.0. The molecule has 0 spiro atoms. The third kappa shape index (κ3) is 5.38. The zero-order valence-electron chi connectivity index (χ0n) is 26.5. The number of para-hydroxylation sites is 1. The summed E-state index contributed by atoms with van der Waals surface area (Å²) in [5.41, 5.74) is 7.88. The minimum atomic E-state index is -0.284. The highest BCUT2D eigenvalue weighted by Gasteiger charge is 2.30. The highest BCUT2D eigenvalue weighted by atomic mass is 15.2. The van der Waals surface area contributed by atoms with Crippen LogP contribution < -0.4 is 9.80 Å². The Morgan fingerprint density at radius 3 is 1.51 bits per heavy atom. The molecular weight excluding hydrogens is 569 g/mol. The molecule has 0 N–H and O–H groups in total. The van der Waals surface area contributed by atoms with Crippen molar-refractivity contribution in [2.45, 2.75) is 18.9 Å². The van der Waals surface area contributed by atoms with Crippen LogP contribution in [0.1, 0.15) is 13.3 Å². The van der Waals surface area contributed by atoms with Gasteiger partial charge in [-0.05, 0) is 83.8 Å². The molecule has 0 aromatic heterocycles. The molecule has 0 saturated carbocycles. The summed E-state index contributed by atoms with van der Waals surface area (Å²) in [7, 11) is 0. The molecule has 1 aliphatic carbocycles. The van der Waals surface area contributed by atoms with Gasteiger partial charge in [-0.2, -0.15) is 0 Å². The zero-order valence-corrected chi connectivity index (χ0v) is 26.5. The number of benzene rings is 7. The molecule has 7 aromatic rings. The highest BCUT2D eigenvalue weighted by molar-refractivity contribution is 5.99. The Bertz CT molecular complexity index is 2210. The van der Waals surface area contributed by atoms with E-state index in [9.17, 15) is 0 Å². The molecule has 7 aromatic carbocycles. The first-order valence-corrected chi connectivity index (χ1v) is 16.3. The second-order valence-electron chi connectivity index (χ2n) is 12.4. The van der Waals surface area contributed by atoms with Crippen molar-refractivity contribution >= 4 is 50.0 Å². The Kier molecular flexibility index (Phi) is 7.39. The molecule has 0 radical (unpaired) electrons. The third-order valence-electron chi connectivity index (χ3n) is 9.28. The molecule has 0 amide bonds. The van der Waals surface area contributed by atoms with Crippen molar-refractivity contribution < 1.29 is 0 Å². The van der Waals surface area contributed by atoms with Gasteiger partial charge in [-0.3, -0.25) is 0 Å². The van der Waals surface area contributed by atoms with Gasteiger partial charge < -0.3 is 9.80 Å². The quantitative estimate of drug-likeness (QED) is 0.167. The van der Waals surface area contributed by atoms with Gasteiger partial charge in [0.25, 0.3) is 0 Å². The molecule has 8 rings (SSSR count). The fourth-order valence-electron chi connectivity index (χ4n) is 6.99. The predicted molar refractivity (Wildman–Crippen MR) is 201 cm³/mol. The first-order valence-electron chi connectivity index (χ1n) is 16.3. The summed E-state index contributed by atoms with van der Waals surface area (Å²) < 4.78 is 0. The number of nitrogens with zero attached hydrogens (tertiary/aromatic N) is 2. The molecule has 2 nitrogen and oxygen atoms in total. The van der Waals surface area contributed by atoms with Gasteiger partial charge in [-0.15, -0.1) is 0 Å². The average Bonchev–Trinajstić information content (AvgIpc) is 3.13. The summed E-state index contributed by atoms with van der Waals surface area (Å²) in [6.07, 6.45) is 10.2. The zero-order chi connectivity index (χ0) is 31.6. The fourth-order valence-corrected chi connectivity index (χ4v) is 6.99. The van der Waals surface area contributed by atoms with E-state index in [4.69, 9.17) is 0 Å². The molecule has 226 valence electrons. The van der Waals surface area contributed by atoms with Crippen molar-refractivity contribution in [1.82, 2.24) is 0 Å². The van der Waals surface area contributed by atoms with Gasteiger partial charge in [0.05, 0.1) is 16.9 Å². The largest absolute Gasteiger partial charge is 0.328 e. The highest BCUT2D eigenvalue weighted by Crippen LogP contribution is 2.42. The van der Waals surface area contributed by atoms with E-state index < -0.39 is 0 Å². The minimum Gasteiger partial charge on any atom is -0.328 e. The summed E-state index contributed by atoms with van der Waals surface area (Å²) in [5, 5.41) is 4.95. The second kappa shape index (κ2) is 12.2. The first kappa shape index (κ1) is 28.6. The lowest BCUT2D eigenvalue weighted by molar-refractivity contribution is 0.691. The van der Waals surface area contributed by atoms with Crippen LogP contribution >= 0.6 is 0 Å². The van der Waals surface area contributed by atoms with Crippen LogP contribution in [0.2, 0.25) is 0 Å². The molecule has 47 heavy (non-hydrogen) atoms. The standard InChI is InChI=1S/C45H36N2/c1-45(32-10-3-11-33-45)47(44-23-13-17-37-15-7-9-21-42(37)44)40-30-26-35(27-31-40)34-24-28-39(29-25-34)46(38-18-4-2-5-19-38)43-22-12-16-36-14-6-8-20-41(36)43/h2,4-33H,3H2,1H3. The molecule has 0 fully saturated rings. The van der Waals surface area contributed by atoms with Crippen LogP contribution in [-0.2, 0) is 0 Å². The molecule has 0 unspecified atom stereocenters. The van der Waals surface area contributed by atoms with Gasteiger partial charge in [0.15, 0.2) is 0 Å². The lowest BCUT2D eigenvalue weighted by atomic mass is 9.91. The Balaban J connectivity index is 1.16. The first-order chi connectivity index (χ1) is 23.2. The van der Waals surface area contributed by atoms with Gasteiger partial charge in [0.2, 0.25) is 0 Å². The molecule has 0 heterocycles. The van der Waals surface area contributed by atoms with E-state index in [1.54, 1.807) is 0 Å². The molecule has 2 heteroatoms. The van der Waals surface area contributed by atoms with Crippen molar-refractivity contribution in [3.8, 4) is 11.1 Å². The number of rotatable bonds is 7. The molecule has 0 saturated heterocycles. The molecular formula is C45H36N2. The van der Waals surface area contributed by atoms with Crippen LogP contribution in [-0.4, -0.2) is 5.54 Å². The fraction of sp³-hybridized carbons (Fsp3) is 0.0667. The van der Waals surface area contributed by atoms with E-state index in [0.29, 0.717) is 0 Å². The van der Waals surface area contributed by atoms with Crippen molar-refractivity contribution in [2.75, 3.05) is 9.80 Å². The van der Waals surface area contributed by atoms with Crippen LogP contribution in [0, 0.1) is 0 Å². The van der Waals surface area contributed by atoms with Crippen molar-refractivity contribution in [3.63, 3.8) is 0 Å². The van der Waals surface area contributed by atoms with E-state index in [-0.39, 0.29) is 5.54 Å². The smallest absolute Gasteiger partial charge is 0.0789 e. The maximum absolute atomic E-state index is 2.47. The number of anilines is 5. The van der Waals surface area contributed by atoms with Crippen LogP contribution in [0.15, 0.2) is 188 Å². The molecule has 0 aliphatic heterocycles. The van der Waals surface area contributed by atoms with Gasteiger partial charge in [0, 0.05) is 27.8 Å². The van der Waals surface area contributed by atoms with Crippen molar-refractivity contribution in [3.05, 3.63) is 188 Å². The Morgan fingerprint density at radius 1 is 0.426 bits per heavy atom. The summed E-state index contributed by atoms with van der Waals surface area (Å²) in [6.45, 7) is 2.29. The van der Waals surface area contributed by atoms with Gasteiger partial charge in [0.1, 0.15) is 0 Å². The molecule has 0 bridgehead atoms. The Labute approximate surface area is 277 Å². The Morgan fingerprint density at radius 2 is 0.894 bits per heavy atom. The van der Waals surface area contributed by atoms with Gasteiger partial charge in [-0.25, -0.2) is 0 Å².